The number of rotatable bonds is 4. The summed E-state index contributed by atoms with van der Waals surface area (Å²) >= 11 is 8.06. The number of benzene rings is 1. The lowest BCUT2D eigenvalue weighted by Gasteiger charge is -2.10. The first-order valence-electron chi connectivity index (χ1n) is 4.98. The fraction of sp³-hybridized carbons (Fsp3) is 0.364. The third kappa shape index (κ3) is 5.42. The molecule has 1 atom stereocenters. The summed E-state index contributed by atoms with van der Waals surface area (Å²) in [6.45, 7) is 3.13. The summed E-state index contributed by atoms with van der Waals surface area (Å²) in [7, 11) is 0. The van der Waals surface area contributed by atoms with Gasteiger partial charge in [0.1, 0.15) is 0 Å². The van der Waals surface area contributed by atoms with Crippen LogP contribution in [0.3, 0.4) is 0 Å². The zero-order valence-electron chi connectivity index (χ0n) is 9.37. The lowest BCUT2D eigenvalue weighted by atomic mass is 10.1. The molecular formula is C11H15Cl2IN2O. The first-order valence-corrected chi connectivity index (χ1v) is 6.43. The van der Waals surface area contributed by atoms with Crippen LogP contribution in [0.15, 0.2) is 18.2 Å². The monoisotopic (exact) mass is 388 g/mol. The van der Waals surface area contributed by atoms with Gasteiger partial charge in [-0.15, -0.1) is 12.4 Å². The molecule has 3 nitrogen and oxygen atoms in total. The van der Waals surface area contributed by atoms with Crippen LogP contribution >= 0.6 is 46.6 Å². The minimum absolute atomic E-state index is 0. The van der Waals surface area contributed by atoms with Gasteiger partial charge in [0, 0.05) is 15.7 Å². The Morgan fingerprint density at radius 1 is 1.59 bits per heavy atom. The van der Waals surface area contributed by atoms with Crippen LogP contribution in [0.4, 0.5) is 0 Å². The van der Waals surface area contributed by atoms with E-state index in [9.17, 15) is 4.79 Å². The molecule has 0 aromatic heterocycles. The molecule has 1 amide bonds. The second-order valence-electron chi connectivity index (χ2n) is 3.68. The van der Waals surface area contributed by atoms with E-state index in [1.807, 2.05) is 13.0 Å². The van der Waals surface area contributed by atoms with E-state index in [0.29, 0.717) is 23.7 Å². The van der Waals surface area contributed by atoms with Crippen molar-refractivity contribution in [1.82, 2.24) is 5.32 Å². The molecule has 0 bridgehead atoms. The summed E-state index contributed by atoms with van der Waals surface area (Å²) in [5.41, 5.74) is 6.05. The molecule has 0 radical (unpaired) electrons. The van der Waals surface area contributed by atoms with Crippen LogP contribution in [0, 0.1) is 9.49 Å². The third-order valence-electron chi connectivity index (χ3n) is 2.20. The van der Waals surface area contributed by atoms with Gasteiger partial charge in [-0.2, -0.15) is 0 Å². The van der Waals surface area contributed by atoms with E-state index >= 15 is 0 Å². The van der Waals surface area contributed by atoms with Gasteiger partial charge in [-0.25, -0.2) is 0 Å². The van der Waals surface area contributed by atoms with Crippen LogP contribution in [0.25, 0.3) is 0 Å². The Labute approximate surface area is 126 Å². The Balaban J connectivity index is 0.00000256. The number of carbonyl (C=O) groups is 1. The van der Waals surface area contributed by atoms with Gasteiger partial charge in [0.15, 0.2) is 0 Å². The van der Waals surface area contributed by atoms with Crippen LogP contribution in [-0.4, -0.2) is 19.0 Å². The normalized spacial score (nSPS) is 11.5. The summed E-state index contributed by atoms with van der Waals surface area (Å²) in [4.78, 5) is 11.7. The lowest BCUT2D eigenvalue weighted by Crippen LogP contribution is -2.31. The fourth-order valence-corrected chi connectivity index (χ4v) is 1.61. The van der Waals surface area contributed by atoms with Gasteiger partial charge in [-0.1, -0.05) is 18.5 Å². The molecule has 0 saturated heterocycles. The second kappa shape index (κ2) is 8.13. The van der Waals surface area contributed by atoms with Crippen molar-refractivity contribution in [3.05, 3.63) is 32.4 Å². The van der Waals surface area contributed by atoms with Crippen LogP contribution in [0.5, 0.6) is 0 Å². The van der Waals surface area contributed by atoms with Crippen molar-refractivity contribution < 1.29 is 4.79 Å². The fourth-order valence-electron chi connectivity index (χ4n) is 1.09. The third-order valence-corrected chi connectivity index (χ3v) is 3.77. The van der Waals surface area contributed by atoms with Gasteiger partial charge in [0.25, 0.3) is 5.91 Å². The highest BCUT2D eigenvalue weighted by atomic mass is 127. The molecule has 1 aromatic carbocycles. The molecule has 3 N–H and O–H groups in total. The van der Waals surface area contributed by atoms with Crippen LogP contribution in [-0.2, 0) is 0 Å². The number of halogens is 3. The van der Waals surface area contributed by atoms with E-state index in [4.69, 9.17) is 17.3 Å². The predicted molar refractivity (Wildman–Crippen MR) is 82.0 cm³/mol. The molecule has 6 heteroatoms. The predicted octanol–water partition coefficient (Wildman–Crippen LogP) is 2.69. The molecule has 17 heavy (non-hydrogen) atoms. The summed E-state index contributed by atoms with van der Waals surface area (Å²) < 4.78 is 0.936. The Kier molecular flexibility index (Phi) is 8.11. The number of nitrogens with one attached hydrogen (secondary N) is 1. The van der Waals surface area contributed by atoms with E-state index in [1.165, 1.54) is 0 Å². The number of hydrogen-bond acceptors (Lipinski definition) is 2. The van der Waals surface area contributed by atoms with E-state index in [1.54, 1.807) is 12.1 Å². The molecule has 1 aromatic rings. The Morgan fingerprint density at radius 3 is 2.76 bits per heavy atom. The highest BCUT2D eigenvalue weighted by molar-refractivity contribution is 14.1. The van der Waals surface area contributed by atoms with E-state index in [-0.39, 0.29) is 24.2 Å². The molecule has 0 aliphatic rings. The molecular weight excluding hydrogens is 374 g/mol. The van der Waals surface area contributed by atoms with Gasteiger partial charge in [-0.3, -0.25) is 4.79 Å². The zero-order chi connectivity index (χ0) is 12.1. The highest BCUT2D eigenvalue weighted by Crippen LogP contribution is 2.19. The summed E-state index contributed by atoms with van der Waals surface area (Å²) in [6, 6.07) is 5.26. The maximum absolute atomic E-state index is 11.7. The topological polar surface area (TPSA) is 55.1 Å². The van der Waals surface area contributed by atoms with Crippen molar-refractivity contribution in [2.75, 3.05) is 13.1 Å². The van der Waals surface area contributed by atoms with Crippen molar-refractivity contribution >= 4 is 52.5 Å². The molecule has 96 valence electrons. The standard InChI is InChI=1S/C11H14ClIN2O.ClH/c1-7(5-14)6-15-11(16)8-2-3-10(13)9(12)4-8;/h2-4,7H,5-6,14H2,1H3,(H,15,16);1H. The van der Waals surface area contributed by atoms with Crippen LogP contribution in [0.2, 0.25) is 5.02 Å². The number of hydrogen-bond donors (Lipinski definition) is 2. The maximum Gasteiger partial charge on any atom is 0.251 e. The first-order chi connectivity index (χ1) is 7.54. The van der Waals surface area contributed by atoms with Gasteiger partial charge >= 0.3 is 0 Å². The molecule has 1 unspecified atom stereocenters. The van der Waals surface area contributed by atoms with E-state index in [0.717, 1.165) is 3.57 Å². The SMILES string of the molecule is CC(CN)CNC(=O)c1ccc(I)c(Cl)c1.Cl. The number of carbonyl (C=O) groups excluding carboxylic acids is 1. The molecule has 0 saturated carbocycles. The van der Waals surface area contributed by atoms with E-state index < -0.39 is 0 Å². The summed E-state index contributed by atoms with van der Waals surface area (Å²) in [5, 5.41) is 3.41. The highest BCUT2D eigenvalue weighted by Gasteiger charge is 2.08. The van der Waals surface area contributed by atoms with Crippen molar-refractivity contribution in [2.45, 2.75) is 6.92 Å². The van der Waals surface area contributed by atoms with Gasteiger partial charge in [0.2, 0.25) is 0 Å². The zero-order valence-corrected chi connectivity index (χ0v) is 13.1. The minimum Gasteiger partial charge on any atom is -0.352 e. The van der Waals surface area contributed by atoms with Gasteiger partial charge in [-0.05, 0) is 53.3 Å². The average molecular weight is 389 g/mol. The lowest BCUT2D eigenvalue weighted by molar-refractivity contribution is 0.0948. The smallest absolute Gasteiger partial charge is 0.251 e. The maximum atomic E-state index is 11.7. The average Bonchev–Trinajstić information content (AvgIpc) is 2.29. The molecule has 0 aliphatic heterocycles. The van der Waals surface area contributed by atoms with Crippen LogP contribution in [0.1, 0.15) is 17.3 Å². The van der Waals surface area contributed by atoms with Gasteiger partial charge in [0.05, 0.1) is 5.02 Å². The van der Waals surface area contributed by atoms with Crippen molar-refractivity contribution in [1.29, 1.82) is 0 Å². The summed E-state index contributed by atoms with van der Waals surface area (Å²) in [6.07, 6.45) is 0. The minimum atomic E-state index is -0.112. The van der Waals surface area contributed by atoms with Crippen molar-refractivity contribution in [3.8, 4) is 0 Å². The molecule has 0 heterocycles. The Morgan fingerprint density at radius 2 is 2.24 bits per heavy atom. The summed E-state index contributed by atoms with van der Waals surface area (Å²) in [5.74, 6) is 0.168. The molecule has 0 aliphatic carbocycles. The number of amides is 1. The second-order valence-corrected chi connectivity index (χ2v) is 5.25. The van der Waals surface area contributed by atoms with E-state index in [2.05, 4.69) is 27.9 Å². The quantitative estimate of drug-likeness (QED) is 0.779. The Hall–Kier alpha value is -0.0400. The Bertz CT molecular complexity index is 388. The van der Waals surface area contributed by atoms with Crippen LogP contribution < -0.4 is 11.1 Å². The molecule has 0 fully saturated rings. The molecule has 0 spiro atoms. The first kappa shape index (κ1) is 17.0. The largest absolute Gasteiger partial charge is 0.352 e. The van der Waals surface area contributed by atoms with Crippen molar-refractivity contribution in [3.63, 3.8) is 0 Å². The number of nitrogens with two attached hydrogens (primary N) is 1. The van der Waals surface area contributed by atoms with Crippen molar-refractivity contribution in [2.24, 2.45) is 11.7 Å². The van der Waals surface area contributed by atoms with Gasteiger partial charge < -0.3 is 11.1 Å². The molecule has 1 rings (SSSR count).